The SMILES string of the molecule is Cc1ccc(N(CC(=O)NCCc2ccc(S(N)(=O)=O)cc2)S(=O)(=O)c2c(C)noc2C)cc1. The molecule has 0 saturated heterocycles. The van der Waals surface area contributed by atoms with Crippen molar-refractivity contribution in [3.63, 3.8) is 0 Å². The van der Waals surface area contributed by atoms with E-state index < -0.39 is 32.5 Å². The highest BCUT2D eigenvalue weighted by atomic mass is 32.2. The number of aryl methyl sites for hydroxylation is 3. The Kier molecular flexibility index (Phi) is 7.44. The molecule has 2 aromatic carbocycles. The number of aromatic nitrogens is 1. The van der Waals surface area contributed by atoms with Gasteiger partial charge in [0, 0.05) is 6.54 Å². The smallest absolute Gasteiger partial charge is 0.270 e. The van der Waals surface area contributed by atoms with Crippen molar-refractivity contribution in [3.8, 4) is 0 Å². The minimum Gasteiger partial charge on any atom is -0.360 e. The molecule has 1 amide bonds. The van der Waals surface area contributed by atoms with Gasteiger partial charge in [-0.15, -0.1) is 0 Å². The van der Waals surface area contributed by atoms with Gasteiger partial charge in [0.15, 0.2) is 10.7 Å². The van der Waals surface area contributed by atoms with Gasteiger partial charge in [-0.25, -0.2) is 22.0 Å². The summed E-state index contributed by atoms with van der Waals surface area (Å²) in [4.78, 5) is 12.6. The molecular formula is C22H26N4O6S2. The van der Waals surface area contributed by atoms with Crippen LogP contribution >= 0.6 is 0 Å². The highest BCUT2D eigenvalue weighted by molar-refractivity contribution is 7.93. The number of nitrogens with one attached hydrogen (secondary N) is 1. The van der Waals surface area contributed by atoms with Crippen LogP contribution in [0.1, 0.15) is 22.6 Å². The van der Waals surface area contributed by atoms with Gasteiger partial charge in [0.05, 0.1) is 10.6 Å². The number of anilines is 1. The maximum absolute atomic E-state index is 13.5. The molecule has 0 unspecified atom stereocenters. The molecule has 182 valence electrons. The molecule has 10 nitrogen and oxygen atoms in total. The maximum Gasteiger partial charge on any atom is 0.270 e. The molecule has 34 heavy (non-hydrogen) atoms. The van der Waals surface area contributed by atoms with Crippen molar-refractivity contribution in [2.45, 2.75) is 37.0 Å². The van der Waals surface area contributed by atoms with Gasteiger partial charge in [-0.05, 0) is 57.0 Å². The zero-order valence-corrected chi connectivity index (χ0v) is 20.6. The van der Waals surface area contributed by atoms with Crippen molar-refractivity contribution in [2.24, 2.45) is 5.14 Å². The number of amides is 1. The van der Waals surface area contributed by atoms with E-state index in [9.17, 15) is 21.6 Å². The number of nitrogens with zero attached hydrogens (tertiary/aromatic N) is 2. The second-order valence-electron chi connectivity index (χ2n) is 7.79. The van der Waals surface area contributed by atoms with Crippen LogP contribution in [-0.4, -0.2) is 41.0 Å². The van der Waals surface area contributed by atoms with E-state index in [2.05, 4.69) is 10.5 Å². The lowest BCUT2D eigenvalue weighted by Gasteiger charge is -2.24. The summed E-state index contributed by atoms with van der Waals surface area (Å²) in [5.74, 6) is -0.366. The first-order chi connectivity index (χ1) is 15.9. The largest absolute Gasteiger partial charge is 0.360 e. The molecule has 1 aromatic heterocycles. The summed E-state index contributed by atoms with van der Waals surface area (Å²) in [6, 6.07) is 12.8. The number of rotatable bonds is 9. The molecule has 0 aliphatic rings. The van der Waals surface area contributed by atoms with E-state index in [0.29, 0.717) is 12.1 Å². The molecule has 0 bridgehead atoms. The molecule has 0 aliphatic heterocycles. The van der Waals surface area contributed by atoms with E-state index in [1.54, 1.807) is 36.4 Å². The number of sulfonamides is 2. The number of hydrogen-bond donors (Lipinski definition) is 2. The van der Waals surface area contributed by atoms with E-state index in [0.717, 1.165) is 15.4 Å². The van der Waals surface area contributed by atoms with Crippen molar-refractivity contribution in [1.29, 1.82) is 0 Å². The molecule has 0 radical (unpaired) electrons. The van der Waals surface area contributed by atoms with Crippen LogP contribution in [0, 0.1) is 20.8 Å². The van der Waals surface area contributed by atoms with Crippen LogP contribution in [0.5, 0.6) is 0 Å². The summed E-state index contributed by atoms with van der Waals surface area (Å²) in [6.07, 6.45) is 0.414. The monoisotopic (exact) mass is 506 g/mol. The second kappa shape index (κ2) is 9.95. The third-order valence-electron chi connectivity index (χ3n) is 5.11. The number of carbonyl (C=O) groups is 1. The summed E-state index contributed by atoms with van der Waals surface area (Å²) >= 11 is 0. The maximum atomic E-state index is 13.5. The van der Waals surface area contributed by atoms with Crippen molar-refractivity contribution in [3.05, 3.63) is 71.1 Å². The lowest BCUT2D eigenvalue weighted by molar-refractivity contribution is -0.119. The van der Waals surface area contributed by atoms with Gasteiger partial charge < -0.3 is 9.84 Å². The van der Waals surface area contributed by atoms with Gasteiger partial charge in [-0.2, -0.15) is 0 Å². The van der Waals surface area contributed by atoms with Crippen LogP contribution in [0.4, 0.5) is 5.69 Å². The van der Waals surface area contributed by atoms with Crippen LogP contribution < -0.4 is 14.8 Å². The Labute approximate surface area is 198 Å². The lowest BCUT2D eigenvalue weighted by Crippen LogP contribution is -2.41. The first kappa shape index (κ1) is 25.4. The number of nitrogens with two attached hydrogens (primary N) is 1. The summed E-state index contributed by atoms with van der Waals surface area (Å²) in [6.45, 7) is 4.68. The van der Waals surface area contributed by atoms with E-state index in [-0.39, 0.29) is 27.8 Å². The van der Waals surface area contributed by atoms with Crippen molar-refractivity contribution < 1.29 is 26.2 Å². The zero-order chi connectivity index (χ0) is 25.1. The van der Waals surface area contributed by atoms with Gasteiger partial charge in [-0.3, -0.25) is 9.10 Å². The fourth-order valence-electron chi connectivity index (χ4n) is 3.36. The minimum absolute atomic E-state index is 0.00134. The predicted molar refractivity (Wildman–Crippen MR) is 126 cm³/mol. The lowest BCUT2D eigenvalue weighted by atomic mass is 10.1. The summed E-state index contributed by atoms with van der Waals surface area (Å²) in [7, 11) is -7.91. The minimum atomic E-state index is -4.13. The third kappa shape index (κ3) is 5.82. The highest BCUT2D eigenvalue weighted by Gasteiger charge is 2.32. The number of carbonyl (C=O) groups excluding carboxylic acids is 1. The standard InChI is InChI=1S/C22H26N4O6S2/c1-15-4-8-19(9-5-15)26(34(30,31)22-16(2)25-32-17(22)3)14-21(27)24-13-12-18-6-10-20(11-7-18)33(23,28)29/h4-11H,12-14H2,1-3H3,(H,24,27)(H2,23,28,29). The normalized spacial score (nSPS) is 11.9. The quantitative estimate of drug-likeness (QED) is 0.449. The van der Waals surface area contributed by atoms with Crippen LogP contribution in [0.25, 0.3) is 0 Å². The summed E-state index contributed by atoms with van der Waals surface area (Å²) in [5.41, 5.74) is 2.26. The zero-order valence-electron chi connectivity index (χ0n) is 19.0. The van der Waals surface area contributed by atoms with Crippen molar-refractivity contribution >= 4 is 31.6 Å². The van der Waals surface area contributed by atoms with Crippen molar-refractivity contribution in [2.75, 3.05) is 17.4 Å². The van der Waals surface area contributed by atoms with Crippen LogP contribution in [0.3, 0.4) is 0 Å². The van der Waals surface area contributed by atoms with E-state index in [1.807, 2.05) is 6.92 Å². The van der Waals surface area contributed by atoms with Crippen LogP contribution in [0.2, 0.25) is 0 Å². The Hall–Kier alpha value is -3.22. The second-order valence-corrected chi connectivity index (χ2v) is 11.2. The van der Waals surface area contributed by atoms with E-state index in [4.69, 9.17) is 9.66 Å². The number of benzene rings is 2. The molecular weight excluding hydrogens is 480 g/mol. The number of primary sulfonamides is 1. The summed E-state index contributed by atoms with van der Waals surface area (Å²) < 4.78 is 55.7. The Morgan fingerprint density at radius 1 is 1.00 bits per heavy atom. The van der Waals surface area contributed by atoms with Gasteiger partial charge in [-0.1, -0.05) is 35.0 Å². The topological polar surface area (TPSA) is 153 Å². The third-order valence-corrected chi connectivity index (χ3v) is 8.06. The highest BCUT2D eigenvalue weighted by Crippen LogP contribution is 2.28. The molecule has 3 rings (SSSR count). The fraction of sp³-hybridized carbons (Fsp3) is 0.273. The Balaban J connectivity index is 1.75. The molecule has 1 heterocycles. The molecule has 0 saturated carbocycles. The Bertz CT molecular complexity index is 1360. The Morgan fingerprint density at radius 3 is 2.15 bits per heavy atom. The average Bonchev–Trinajstić information content (AvgIpc) is 3.11. The molecule has 3 N–H and O–H groups in total. The molecule has 0 spiro atoms. The molecule has 12 heteroatoms. The van der Waals surface area contributed by atoms with Gasteiger partial charge in [0.1, 0.15) is 12.2 Å². The predicted octanol–water partition coefficient (Wildman–Crippen LogP) is 1.80. The molecule has 3 aromatic rings. The van der Waals surface area contributed by atoms with E-state index in [1.165, 1.54) is 26.0 Å². The summed E-state index contributed by atoms with van der Waals surface area (Å²) in [5, 5.41) is 11.5. The van der Waals surface area contributed by atoms with Crippen LogP contribution in [0.15, 0.2) is 62.8 Å². The molecule has 0 fully saturated rings. The molecule has 0 aliphatic carbocycles. The fourth-order valence-corrected chi connectivity index (χ4v) is 5.59. The Morgan fingerprint density at radius 2 is 1.62 bits per heavy atom. The van der Waals surface area contributed by atoms with Gasteiger partial charge >= 0.3 is 0 Å². The first-order valence-corrected chi connectivity index (χ1v) is 13.3. The molecule has 0 atom stereocenters. The number of hydrogen-bond acceptors (Lipinski definition) is 7. The van der Waals surface area contributed by atoms with Crippen molar-refractivity contribution in [1.82, 2.24) is 10.5 Å². The van der Waals surface area contributed by atoms with Crippen LogP contribution in [-0.2, 0) is 31.3 Å². The van der Waals surface area contributed by atoms with Gasteiger partial charge in [0.25, 0.3) is 10.0 Å². The van der Waals surface area contributed by atoms with E-state index >= 15 is 0 Å². The first-order valence-electron chi connectivity index (χ1n) is 10.3. The van der Waals surface area contributed by atoms with Gasteiger partial charge in [0.2, 0.25) is 15.9 Å². The average molecular weight is 507 g/mol.